The van der Waals surface area contributed by atoms with Crippen molar-refractivity contribution in [1.82, 2.24) is 14.5 Å². The molecule has 5 aliphatic rings. The van der Waals surface area contributed by atoms with Crippen LogP contribution in [-0.2, 0) is 42.2 Å². The van der Waals surface area contributed by atoms with Crippen LogP contribution in [0.1, 0.15) is 89.7 Å². The number of nitrogens with zero attached hydrogens (tertiary/aromatic N) is 2. The topological polar surface area (TPSA) is 156 Å². The molecule has 262 valence electrons. The summed E-state index contributed by atoms with van der Waals surface area (Å²) in [4.78, 5) is 58.0. The van der Waals surface area contributed by atoms with Crippen LogP contribution in [0.25, 0.3) is 0 Å². The van der Waals surface area contributed by atoms with Crippen molar-refractivity contribution in [3.05, 3.63) is 47.3 Å². The minimum Gasteiger partial charge on any atom is -0.444 e. The first-order chi connectivity index (χ1) is 22.7. The third kappa shape index (κ3) is 6.51. The van der Waals surface area contributed by atoms with Gasteiger partial charge in [0.15, 0.2) is 5.78 Å². The molecule has 2 saturated carbocycles. The third-order valence-corrected chi connectivity index (χ3v) is 13.7. The van der Waals surface area contributed by atoms with E-state index in [-0.39, 0.29) is 50.2 Å². The van der Waals surface area contributed by atoms with Gasteiger partial charge in [0.05, 0.1) is 35.3 Å². The summed E-state index contributed by atoms with van der Waals surface area (Å²) in [6.45, 7) is 5.88. The smallest absolute Gasteiger partial charge is 0.410 e. The van der Waals surface area contributed by atoms with E-state index in [1.54, 1.807) is 19.1 Å². The predicted octanol–water partition coefficient (Wildman–Crippen LogP) is 3.94. The standard InChI is InChI=1S/C35H47FN4O7S/c1-4-22-14-21(2)8-5-6-10-24-16-35(24,32(43)38-48(45,46)34(3)12-13-34)17-29(41)28-15-25(19-40(28)31(42)30(22)37)47-33(44)39-18-23-9-7-11-27(36)26(23)20-39/h6-7,9-11,21-22,24-25,28,30H,4-5,8,12-20,37H2,1-3H3,(H,38,43)/b10-6-/t21?,22-,24-,25-,28+,30+,35-/m1/s1. The van der Waals surface area contributed by atoms with Crippen molar-refractivity contribution in [3.63, 3.8) is 0 Å². The second-order valence-corrected chi connectivity index (χ2v) is 17.2. The van der Waals surface area contributed by atoms with Crippen molar-refractivity contribution in [2.45, 2.75) is 115 Å². The van der Waals surface area contributed by atoms with Crippen molar-refractivity contribution in [3.8, 4) is 0 Å². The Morgan fingerprint density at radius 3 is 2.60 bits per heavy atom. The molecule has 2 aliphatic carbocycles. The number of carbonyl (C=O) groups is 4. The number of fused-ring (bicyclic) bond motifs is 3. The van der Waals surface area contributed by atoms with Crippen LogP contribution in [0.4, 0.5) is 9.18 Å². The summed E-state index contributed by atoms with van der Waals surface area (Å²) in [6.07, 6.45) is 6.38. The van der Waals surface area contributed by atoms with Crippen molar-refractivity contribution in [2.24, 2.45) is 28.9 Å². The van der Waals surface area contributed by atoms with Crippen LogP contribution in [0.2, 0.25) is 0 Å². The van der Waals surface area contributed by atoms with Crippen LogP contribution in [0, 0.1) is 29.0 Å². The van der Waals surface area contributed by atoms with Gasteiger partial charge in [-0.1, -0.05) is 44.6 Å². The molecule has 3 heterocycles. The molecule has 0 spiro atoms. The number of hydrogen-bond donors (Lipinski definition) is 2. The van der Waals surface area contributed by atoms with Gasteiger partial charge in [0.2, 0.25) is 21.8 Å². The van der Waals surface area contributed by atoms with Crippen LogP contribution in [-0.4, -0.2) is 71.4 Å². The maximum absolute atomic E-state index is 14.4. The number of rotatable bonds is 5. The molecule has 1 unspecified atom stereocenters. The molecule has 7 atom stereocenters. The van der Waals surface area contributed by atoms with Crippen LogP contribution in [0.3, 0.4) is 0 Å². The lowest BCUT2D eigenvalue weighted by molar-refractivity contribution is -0.141. The van der Waals surface area contributed by atoms with E-state index in [4.69, 9.17) is 10.5 Å². The maximum atomic E-state index is 14.4. The first-order valence-corrected chi connectivity index (χ1v) is 18.7. The Balaban J connectivity index is 1.25. The molecule has 3 N–H and O–H groups in total. The largest absolute Gasteiger partial charge is 0.444 e. The quantitative estimate of drug-likeness (QED) is 0.442. The molecule has 1 saturated heterocycles. The molecule has 3 amide bonds. The van der Waals surface area contributed by atoms with Crippen LogP contribution in [0.15, 0.2) is 30.4 Å². The van der Waals surface area contributed by atoms with E-state index in [0.29, 0.717) is 36.8 Å². The second-order valence-electron chi connectivity index (χ2n) is 15.0. The van der Waals surface area contributed by atoms with E-state index in [0.717, 1.165) is 19.3 Å². The Morgan fingerprint density at radius 1 is 1.17 bits per heavy atom. The van der Waals surface area contributed by atoms with Crippen LogP contribution >= 0.6 is 0 Å². The Bertz CT molecular complexity index is 1630. The van der Waals surface area contributed by atoms with Crippen molar-refractivity contribution < 1.29 is 36.7 Å². The highest BCUT2D eigenvalue weighted by atomic mass is 32.2. The van der Waals surface area contributed by atoms with E-state index in [1.165, 1.54) is 15.9 Å². The number of hydrogen-bond acceptors (Lipinski definition) is 8. The zero-order chi connectivity index (χ0) is 34.6. The molecular weight excluding hydrogens is 639 g/mol. The summed E-state index contributed by atoms with van der Waals surface area (Å²) in [5, 5.41) is 0. The van der Waals surface area contributed by atoms with E-state index < -0.39 is 67.9 Å². The fourth-order valence-corrected chi connectivity index (χ4v) is 9.08. The summed E-state index contributed by atoms with van der Waals surface area (Å²) in [6, 6.07) is 2.79. The summed E-state index contributed by atoms with van der Waals surface area (Å²) >= 11 is 0. The lowest BCUT2D eigenvalue weighted by atomic mass is 9.85. The highest BCUT2D eigenvalue weighted by Gasteiger charge is 2.62. The van der Waals surface area contributed by atoms with Crippen molar-refractivity contribution in [2.75, 3.05) is 6.54 Å². The summed E-state index contributed by atoms with van der Waals surface area (Å²) in [5.74, 6) is -2.10. The molecule has 6 rings (SSSR count). The van der Waals surface area contributed by atoms with Crippen molar-refractivity contribution >= 4 is 33.7 Å². The lowest BCUT2D eigenvalue weighted by Gasteiger charge is -2.31. The first-order valence-electron chi connectivity index (χ1n) is 17.2. The molecule has 1 aromatic rings. The molecule has 48 heavy (non-hydrogen) atoms. The Labute approximate surface area is 281 Å². The van der Waals surface area contributed by atoms with E-state index >= 15 is 0 Å². The van der Waals surface area contributed by atoms with Crippen LogP contribution < -0.4 is 10.5 Å². The van der Waals surface area contributed by atoms with Gasteiger partial charge in [0, 0.05) is 24.9 Å². The Hall–Kier alpha value is -3.32. The molecule has 3 aliphatic heterocycles. The van der Waals surface area contributed by atoms with Gasteiger partial charge in [-0.15, -0.1) is 0 Å². The fourth-order valence-electron chi connectivity index (χ4n) is 7.75. The molecular formula is C35H47FN4O7S. The number of allylic oxidation sites excluding steroid dienone is 2. The van der Waals surface area contributed by atoms with Crippen LogP contribution in [0.5, 0.6) is 0 Å². The summed E-state index contributed by atoms with van der Waals surface area (Å²) < 4.78 is 47.6. The van der Waals surface area contributed by atoms with Gasteiger partial charge in [-0.25, -0.2) is 17.6 Å². The molecule has 13 heteroatoms. The van der Waals surface area contributed by atoms with Gasteiger partial charge in [-0.2, -0.15) is 0 Å². The fraction of sp³-hybridized carbons (Fsp3) is 0.657. The zero-order valence-corrected chi connectivity index (χ0v) is 28.8. The highest BCUT2D eigenvalue weighted by Crippen LogP contribution is 2.57. The summed E-state index contributed by atoms with van der Waals surface area (Å²) in [7, 11) is -3.93. The monoisotopic (exact) mass is 686 g/mol. The first kappa shape index (κ1) is 34.5. The van der Waals surface area contributed by atoms with E-state index in [1.807, 2.05) is 19.1 Å². The number of amides is 3. The second kappa shape index (κ2) is 12.9. The number of carbonyl (C=O) groups excluding carboxylic acids is 4. The van der Waals surface area contributed by atoms with Gasteiger partial charge in [-0.3, -0.25) is 24.0 Å². The van der Waals surface area contributed by atoms with Crippen molar-refractivity contribution in [1.29, 1.82) is 0 Å². The SMILES string of the molecule is CC[C@@H]1CC(C)CC/C=C\[C@@H]2C[C@@]2(C(=O)NS(=O)(=O)C2(C)CC2)CC(=O)[C@@H]2C[C@@H](OC(=O)N3Cc4cccc(F)c4C3)CN2C(=O)[C@H]1N. The third-order valence-electron chi connectivity index (χ3n) is 11.5. The number of benzene rings is 1. The van der Waals surface area contributed by atoms with Gasteiger partial charge in [0.1, 0.15) is 11.9 Å². The van der Waals surface area contributed by atoms with Gasteiger partial charge in [0.25, 0.3) is 0 Å². The number of ketones is 1. The minimum absolute atomic E-state index is 0.0138. The molecule has 0 aromatic heterocycles. The number of halogens is 1. The highest BCUT2D eigenvalue weighted by molar-refractivity contribution is 7.91. The maximum Gasteiger partial charge on any atom is 0.410 e. The lowest BCUT2D eigenvalue weighted by Crippen LogP contribution is -2.52. The minimum atomic E-state index is -3.93. The number of sulfonamides is 1. The van der Waals surface area contributed by atoms with E-state index in [2.05, 4.69) is 11.6 Å². The number of ether oxygens (including phenoxy) is 1. The van der Waals surface area contributed by atoms with Gasteiger partial charge in [-0.05, 0) is 74.8 Å². The number of nitrogens with two attached hydrogens (primary N) is 1. The number of nitrogens with one attached hydrogen (secondary N) is 1. The normalized spacial score (nSPS) is 33.9. The Kier molecular flexibility index (Phi) is 9.25. The molecule has 1 aromatic carbocycles. The van der Waals surface area contributed by atoms with E-state index in [9.17, 15) is 32.0 Å². The predicted molar refractivity (Wildman–Crippen MR) is 175 cm³/mol. The zero-order valence-electron chi connectivity index (χ0n) is 28.0. The molecule has 3 fully saturated rings. The average molecular weight is 687 g/mol. The molecule has 0 radical (unpaired) electrons. The molecule has 0 bridgehead atoms. The summed E-state index contributed by atoms with van der Waals surface area (Å²) in [5.41, 5.74) is 6.47. The van der Waals surface area contributed by atoms with Gasteiger partial charge >= 0.3 is 6.09 Å². The Morgan fingerprint density at radius 2 is 1.92 bits per heavy atom. The molecule has 11 nitrogen and oxygen atoms in total. The average Bonchev–Trinajstić information content (AvgIpc) is 3.83. The van der Waals surface area contributed by atoms with Gasteiger partial charge < -0.3 is 15.4 Å². The number of Topliss-reactive ketones (excluding diaryl/α,β-unsaturated/α-hetero) is 1.